The molecule has 70 valence electrons. The van der Waals surface area contributed by atoms with Gasteiger partial charge in [-0.05, 0) is 12.6 Å². The lowest BCUT2D eigenvalue weighted by molar-refractivity contribution is 0.202. The number of hydrogen-bond acceptors (Lipinski definition) is 2. The Bertz CT molecular complexity index is 258. The zero-order valence-corrected chi connectivity index (χ0v) is 8.03. The van der Waals surface area contributed by atoms with Gasteiger partial charge in [-0.2, -0.15) is 0 Å². The van der Waals surface area contributed by atoms with Gasteiger partial charge in [0, 0.05) is 25.7 Å². The van der Waals surface area contributed by atoms with E-state index in [-0.39, 0.29) is 0 Å². The highest BCUT2D eigenvalue weighted by molar-refractivity contribution is 5.19. The molecule has 2 nitrogen and oxygen atoms in total. The molecule has 0 aromatic heterocycles. The van der Waals surface area contributed by atoms with Gasteiger partial charge >= 0.3 is 0 Å². The summed E-state index contributed by atoms with van der Waals surface area (Å²) in [7, 11) is 2.19. The molecule has 1 fully saturated rings. The van der Waals surface area contributed by atoms with Crippen LogP contribution in [0, 0.1) is 0 Å². The summed E-state index contributed by atoms with van der Waals surface area (Å²) in [6.07, 6.45) is 0. The minimum Gasteiger partial charge on any atom is -0.314 e. The lowest BCUT2D eigenvalue weighted by atomic mass is 10.0. The molecule has 13 heavy (non-hydrogen) atoms. The number of nitrogens with one attached hydrogen (secondary N) is 1. The van der Waals surface area contributed by atoms with Gasteiger partial charge in [-0.25, -0.2) is 0 Å². The van der Waals surface area contributed by atoms with E-state index in [1.807, 2.05) is 0 Å². The number of nitrogens with zero attached hydrogens (tertiary/aromatic N) is 1. The Morgan fingerprint density at radius 1 is 1.31 bits per heavy atom. The molecule has 1 N–H and O–H groups in total. The predicted molar refractivity (Wildman–Crippen MR) is 54.7 cm³/mol. The fourth-order valence-corrected chi connectivity index (χ4v) is 1.85. The molecule has 0 spiro atoms. The SMILES string of the molecule is CN1CCNC[C@@H]1c1ccccc1. The molecule has 1 aromatic carbocycles. The highest BCUT2D eigenvalue weighted by Crippen LogP contribution is 2.19. The normalized spacial score (nSPS) is 24.5. The zero-order chi connectivity index (χ0) is 9.10. The van der Waals surface area contributed by atoms with Crippen LogP contribution in [0.4, 0.5) is 0 Å². The number of hydrogen-bond donors (Lipinski definition) is 1. The van der Waals surface area contributed by atoms with Crippen molar-refractivity contribution in [2.45, 2.75) is 6.04 Å². The Hall–Kier alpha value is -0.860. The van der Waals surface area contributed by atoms with E-state index < -0.39 is 0 Å². The van der Waals surface area contributed by atoms with Gasteiger partial charge in [-0.3, -0.25) is 4.90 Å². The molecule has 0 unspecified atom stereocenters. The summed E-state index contributed by atoms with van der Waals surface area (Å²) in [6.45, 7) is 3.32. The first kappa shape index (κ1) is 8.73. The molecule has 0 bridgehead atoms. The minimum atomic E-state index is 0.551. The van der Waals surface area contributed by atoms with Gasteiger partial charge < -0.3 is 5.32 Å². The molecule has 2 heteroatoms. The minimum absolute atomic E-state index is 0.551. The average Bonchev–Trinajstić information content (AvgIpc) is 2.20. The van der Waals surface area contributed by atoms with Crippen molar-refractivity contribution in [3.63, 3.8) is 0 Å². The number of benzene rings is 1. The third-order valence-electron chi connectivity index (χ3n) is 2.70. The van der Waals surface area contributed by atoms with Crippen molar-refractivity contribution in [2.24, 2.45) is 0 Å². The van der Waals surface area contributed by atoms with Crippen molar-refractivity contribution in [1.82, 2.24) is 10.2 Å². The Morgan fingerprint density at radius 2 is 2.08 bits per heavy atom. The van der Waals surface area contributed by atoms with Gasteiger partial charge in [-0.15, -0.1) is 0 Å². The third-order valence-corrected chi connectivity index (χ3v) is 2.70. The van der Waals surface area contributed by atoms with Crippen molar-refractivity contribution in [3.05, 3.63) is 35.9 Å². The van der Waals surface area contributed by atoms with E-state index in [9.17, 15) is 0 Å². The summed E-state index contributed by atoms with van der Waals surface area (Å²) in [5.41, 5.74) is 1.41. The summed E-state index contributed by atoms with van der Waals surface area (Å²) in [5, 5.41) is 3.42. The molecule has 0 amide bonds. The fourth-order valence-electron chi connectivity index (χ4n) is 1.85. The fraction of sp³-hybridized carbons (Fsp3) is 0.455. The van der Waals surface area contributed by atoms with Crippen molar-refractivity contribution < 1.29 is 0 Å². The first-order valence-corrected chi connectivity index (χ1v) is 4.84. The van der Waals surface area contributed by atoms with E-state index in [1.165, 1.54) is 5.56 Å². The molecule has 1 aromatic rings. The summed E-state index contributed by atoms with van der Waals surface area (Å²) in [5.74, 6) is 0. The van der Waals surface area contributed by atoms with Crippen LogP contribution in [0.15, 0.2) is 30.3 Å². The van der Waals surface area contributed by atoms with E-state index in [2.05, 4.69) is 47.6 Å². The maximum absolute atomic E-state index is 3.42. The Morgan fingerprint density at radius 3 is 2.77 bits per heavy atom. The molecule has 1 heterocycles. The highest BCUT2D eigenvalue weighted by Gasteiger charge is 2.19. The van der Waals surface area contributed by atoms with Gasteiger partial charge in [0.05, 0.1) is 0 Å². The lowest BCUT2D eigenvalue weighted by Crippen LogP contribution is -2.43. The molecule has 1 atom stereocenters. The first-order valence-electron chi connectivity index (χ1n) is 4.84. The predicted octanol–water partition coefficient (Wildman–Crippen LogP) is 1.26. The van der Waals surface area contributed by atoms with Gasteiger partial charge in [0.15, 0.2) is 0 Å². The zero-order valence-electron chi connectivity index (χ0n) is 8.03. The van der Waals surface area contributed by atoms with E-state index in [4.69, 9.17) is 0 Å². The molecular formula is C11H16N2. The van der Waals surface area contributed by atoms with Crippen molar-refractivity contribution in [1.29, 1.82) is 0 Å². The number of piperazine rings is 1. The summed E-state index contributed by atoms with van der Waals surface area (Å²) >= 11 is 0. The largest absolute Gasteiger partial charge is 0.314 e. The molecule has 1 aliphatic heterocycles. The van der Waals surface area contributed by atoms with E-state index in [1.54, 1.807) is 0 Å². The highest BCUT2D eigenvalue weighted by atomic mass is 15.2. The molecule has 1 aliphatic rings. The second-order valence-corrected chi connectivity index (χ2v) is 3.61. The second-order valence-electron chi connectivity index (χ2n) is 3.61. The van der Waals surface area contributed by atoms with Crippen molar-refractivity contribution in [2.75, 3.05) is 26.7 Å². The van der Waals surface area contributed by atoms with Gasteiger partial charge in [0.25, 0.3) is 0 Å². The lowest BCUT2D eigenvalue weighted by Gasteiger charge is -2.33. The molecular weight excluding hydrogens is 160 g/mol. The quantitative estimate of drug-likeness (QED) is 0.693. The van der Waals surface area contributed by atoms with Gasteiger partial charge in [-0.1, -0.05) is 30.3 Å². The monoisotopic (exact) mass is 176 g/mol. The van der Waals surface area contributed by atoms with Crippen LogP contribution >= 0.6 is 0 Å². The topological polar surface area (TPSA) is 15.3 Å². The van der Waals surface area contributed by atoms with Gasteiger partial charge in [0.2, 0.25) is 0 Å². The van der Waals surface area contributed by atoms with Crippen LogP contribution in [0.25, 0.3) is 0 Å². The van der Waals surface area contributed by atoms with Crippen molar-refractivity contribution >= 4 is 0 Å². The Balaban J connectivity index is 2.15. The van der Waals surface area contributed by atoms with E-state index in [0.29, 0.717) is 6.04 Å². The van der Waals surface area contributed by atoms with Crippen LogP contribution < -0.4 is 5.32 Å². The van der Waals surface area contributed by atoms with Crippen LogP contribution in [0.5, 0.6) is 0 Å². The van der Waals surface area contributed by atoms with Crippen LogP contribution in [0.1, 0.15) is 11.6 Å². The molecule has 1 saturated heterocycles. The standard InChI is InChI=1S/C11H16N2/c1-13-8-7-12-9-11(13)10-5-3-2-4-6-10/h2-6,11-12H,7-9H2,1H3/t11-/m1/s1. The van der Waals surface area contributed by atoms with Crippen LogP contribution in [0.3, 0.4) is 0 Å². The Kier molecular flexibility index (Phi) is 2.62. The summed E-state index contributed by atoms with van der Waals surface area (Å²) in [4.78, 5) is 2.41. The third kappa shape index (κ3) is 1.90. The number of likely N-dealkylation sites (N-methyl/N-ethyl adjacent to an activating group) is 1. The molecule has 2 rings (SSSR count). The van der Waals surface area contributed by atoms with Crippen LogP contribution in [0.2, 0.25) is 0 Å². The Labute approximate surface area is 79.6 Å². The molecule has 0 saturated carbocycles. The summed E-state index contributed by atoms with van der Waals surface area (Å²) in [6, 6.07) is 11.2. The first-order chi connectivity index (χ1) is 6.38. The smallest absolute Gasteiger partial charge is 0.0470 e. The van der Waals surface area contributed by atoms with Crippen LogP contribution in [-0.4, -0.2) is 31.6 Å². The maximum Gasteiger partial charge on any atom is 0.0470 e. The van der Waals surface area contributed by atoms with Crippen LogP contribution in [-0.2, 0) is 0 Å². The molecule has 0 radical (unpaired) electrons. The summed E-state index contributed by atoms with van der Waals surface area (Å²) < 4.78 is 0. The van der Waals surface area contributed by atoms with E-state index in [0.717, 1.165) is 19.6 Å². The number of rotatable bonds is 1. The second kappa shape index (κ2) is 3.90. The van der Waals surface area contributed by atoms with E-state index >= 15 is 0 Å². The average molecular weight is 176 g/mol. The maximum atomic E-state index is 3.42. The van der Waals surface area contributed by atoms with Gasteiger partial charge in [0.1, 0.15) is 0 Å². The van der Waals surface area contributed by atoms with Crippen molar-refractivity contribution in [3.8, 4) is 0 Å². The molecule has 0 aliphatic carbocycles.